The highest BCUT2D eigenvalue weighted by molar-refractivity contribution is 14.0. The lowest BCUT2D eigenvalue weighted by molar-refractivity contribution is 0.242. The van der Waals surface area contributed by atoms with Crippen molar-refractivity contribution in [3.05, 3.63) is 45.9 Å². The average molecular weight is 502 g/mol. The molecular weight excluding hydrogens is 471 g/mol. The maximum atomic E-state index is 5.67. The van der Waals surface area contributed by atoms with Crippen molar-refractivity contribution in [2.24, 2.45) is 4.99 Å². The van der Waals surface area contributed by atoms with E-state index in [2.05, 4.69) is 58.9 Å². The molecule has 0 bridgehead atoms. The van der Waals surface area contributed by atoms with Gasteiger partial charge in [-0.3, -0.25) is 0 Å². The quantitative estimate of drug-likeness (QED) is 0.306. The number of benzene rings is 1. The van der Waals surface area contributed by atoms with Crippen molar-refractivity contribution in [2.75, 3.05) is 6.54 Å². The number of guanidine groups is 1. The lowest BCUT2D eigenvalue weighted by Gasteiger charge is -2.11. The highest BCUT2D eigenvalue weighted by Gasteiger charge is 2.06. The summed E-state index contributed by atoms with van der Waals surface area (Å²) in [5.74, 6) is 2.16. The number of ether oxygens (including phenoxy) is 1. The third-order valence-electron chi connectivity index (χ3n) is 3.63. The second kappa shape index (κ2) is 12.2. The Kier molecular flexibility index (Phi) is 10.7. The van der Waals surface area contributed by atoms with Gasteiger partial charge in [-0.1, -0.05) is 26.0 Å². The van der Waals surface area contributed by atoms with E-state index < -0.39 is 0 Å². The fraction of sp³-hybridized carbons (Fsp3) is 0.500. The molecule has 2 N–H and O–H groups in total. The lowest BCUT2D eigenvalue weighted by Crippen LogP contribution is -2.36. The van der Waals surface area contributed by atoms with Crippen molar-refractivity contribution in [1.29, 1.82) is 0 Å². The molecule has 0 amide bonds. The monoisotopic (exact) mass is 502 g/mol. The summed E-state index contributed by atoms with van der Waals surface area (Å²) in [6.45, 7) is 12.6. The summed E-state index contributed by atoms with van der Waals surface area (Å²) in [6, 6.07) is 8.10. The van der Waals surface area contributed by atoms with E-state index in [0.717, 1.165) is 34.5 Å². The number of hydrogen-bond acceptors (Lipinski definition) is 4. The van der Waals surface area contributed by atoms with Gasteiger partial charge in [0.1, 0.15) is 10.8 Å². The second-order valence-corrected chi connectivity index (χ2v) is 7.62. The summed E-state index contributed by atoms with van der Waals surface area (Å²) < 4.78 is 5.67. The number of nitrogens with one attached hydrogen (secondary N) is 2. The standard InChI is InChI=1S/C20H30N4OS.HI/c1-6-21-20(23-12-19-24-18(13-26-19)14(2)3)22-11-16-7-9-17(10-8-16)25-15(4)5;/h7-10,13-15H,6,11-12H2,1-5H3,(H2,21,22,23);1H. The Hall–Kier alpha value is -1.35. The molecule has 0 unspecified atom stereocenters. The van der Waals surface area contributed by atoms with Crippen molar-refractivity contribution < 1.29 is 4.74 Å². The van der Waals surface area contributed by atoms with Crippen LogP contribution in [-0.4, -0.2) is 23.6 Å². The van der Waals surface area contributed by atoms with E-state index in [1.165, 1.54) is 0 Å². The van der Waals surface area contributed by atoms with E-state index >= 15 is 0 Å². The topological polar surface area (TPSA) is 58.5 Å². The zero-order valence-corrected chi connectivity index (χ0v) is 19.9. The van der Waals surface area contributed by atoms with Crippen LogP contribution >= 0.6 is 35.3 Å². The summed E-state index contributed by atoms with van der Waals surface area (Å²) in [5, 5.41) is 9.85. The van der Waals surface area contributed by atoms with Crippen molar-refractivity contribution in [2.45, 2.75) is 59.7 Å². The van der Waals surface area contributed by atoms with E-state index in [-0.39, 0.29) is 30.1 Å². The highest BCUT2D eigenvalue weighted by Crippen LogP contribution is 2.17. The first-order chi connectivity index (χ1) is 12.5. The minimum Gasteiger partial charge on any atom is -0.491 e. The third kappa shape index (κ3) is 8.47. The summed E-state index contributed by atoms with van der Waals surface area (Å²) in [7, 11) is 0. The largest absolute Gasteiger partial charge is 0.491 e. The van der Waals surface area contributed by atoms with Gasteiger partial charge in [0.2, 0.25) is 0 Å². The second-order valence-electron chi connectivity index (χ2n) is 6.68. The molecule has 2 rings (SSSR count). The summed E-state index contributed by atoms with van der Waals surface area (Å²) in [4.78, 5) is 9.31. The van der Waals surface area contributed by atoms with E-state index in [9.17, 15) is 0 Å². The van der Waals surface area contributed by atoms with Gasteiger partial charge in [0.15, 0.2) is 5.96 Å². The molecule has 0 aliphatic rings. The highest BCUT2D eigenvalue weighted by atomic mass is 127. The van der Waals surface area contributed by atoms with E-state index in [1.807, 2.05) is 26.0 Å². The van der Waals surface area contributed by atoms with E-state index in [0.29, 0.717) is 19.0 Å². The molecule has 0 atom stereocenters. The fourth-order valence-electron chi connectivity index (χ4n) is 2.29. The summed E-state index contributed by atoms with van der Waals surface area (Å²) in [6.07, 6.45) is 0.186. The molecule has 0 fully saturated rings. The predicted octanol–water partition coefficient (Wildman–Crippen LogP) is 4.93. The Morgan fingerprint density at radius 3 is 2.41 bits per heavy atom. The number of rotatable bonds is 8. The van der Waals surface area contributed by atoms with E-state index in [1.54, 1.807) is 11.3 Å². The molecule has 150 valence electrons. The van der Waals surface area contributed by atoms with Gasteiger partial charge in [0.05, 0.1) is 24.9 Å². The Morgan fingerprint density at radius 1 is 1.15 bits per heavy atom. The van der Waals surface area contributed by atoms with Crippen molar-refractivity contribution >= 4 is 41.3 Å². The number of thiazole rings is 1. The predicted molar refractivity (Wildman–Crippen MR) is 125 cm³/mol. The molecule has 27 heavy (non-hydrogen) atoms. The lowest BCUT2D eigenvalue weighted by atomic mass is 10.2. The molecule has 0 aliphatic heterocycles. The number of aromatic nitrogens is 1. The fourth-order valence-corrected chi connectivity index (χ4v) is 3.18. The molecule has 2 aromatic rings. The number of aliphatic imine (C=N–C) groups is 1. The van der Waals surface area contributed by atoms with Gasteiger partial charge < -0.3 is 15.4 Å². The Morgan fingerprint density at radius 2 is 1.85 bits per heavy atom. The molecule has 0 aliphatic carbocycles. The van der Waals surface area contributed by atoms with Crippen LogP contribution in [0.1, 0.15) is 56.8 Å². The van der Waals surface area contributed by atoms with Crippen molar-refractivity contribution in [3.8, 4) is 5.75 Å². The molecule has 0 saturated carbocycles. The van der Waals surface area contributed by atoms with Crippen LogP contribution in [0.25, 0.3) is 0 Å². The summed E-state index contributed by atoms with van der Waals surface area (Å²) >= 11 is 1.69. The van der Waals surface area contributed by atoms with Crippen LogP contribution in [0.15, 0.2) is 34.6 Å². The van der Waals surface area contributed by atoms with Gasteiger partial charge in [-0.2, -0.15) is 0 Å². The minimum absolute atomic E-state index is 0. The van der Waals surface area contributed by atoms with Gasteiger partial charge in [-0.05, 0) is 44.4 Å². The molecule has 0 spiro atoms. The normalized spacial score (nSPS) is 11.4. The van der Waals surface area contributed by atoms with Crippen molar-refractivity contribution in [1.82, 2.24) is 15.6 Å². The number of nitrogens with zero attached hydrogens (tertiary/aromatic N) is 2. The van der Waals surface area contributed by atoms with Gasteiger partial charge in [0.25, 0.3) is 0 Å². The van der Waals surface area contributed by atoms with Crippen LogP contribution in [0, 0.1) is 0 Å². The van der Waals surface area contributed by atoms with Gasteiger partial charge in [-0.15, -0.1) is 35.3 Å². The molecular formula is C20H31IN4OS. The van der Waals surface area contributed by atoms with Crippen LogP contribution in [0.4, 0.5) is 0 Å². The first-order valence-electron chi connectivity index (χ1n) is 9.20. The molecule has 5 nitrogen and oxygen atoms in total. The number of hydrogen-bond donors (Lipinski definition) is 2. The molecule has 0 radical (unpaired) electrons. The van der Waals surface area contributed by atoms with Crippen LogP contribution in [-0.2, 0) is 13.1 Å². The molecule has 1 aromatic carbocycles. The summed E-state index contributed by atoms with van der Waals surface area (Å²) in [5.41, 5.74) is 2.30. The zero-order valence-electron chi connectivity index (χ0n) is 16.8. The van der Waals surface area contributed by atoms with Crippen molar-refractivity contribution in [3.63, 3.8) is 0 Å². The zero-order chi connectivity index (χ0) is 18.9. The Labute approximate surface area is 184 Å². The van der Waals surface area contributed by atoms with Gasteiger partial charge in [0, 0.05) is 11.9 Å². The molecule has 1 heterocycles. The van der Waals surface area contributed by atoms with Crippen LogP contribution < -0.4 is 15.4 Å². The maximum Gasteiger partial charge on any atom is 0.191 e. The minimum atomic E-state index is 0. The van der Waals surface area contributed by atoms with Crippen LogP contribution in [0.2, 0.25) is 0 Å². The Balaban J connectivity index is 0.00000364. The molecule has 7 heteroatoms. The van der Waals surface area contributed by atoms with Crippen LogP contribution in [0.5, 0.6) is 5.75 Å². The number of halogens is 1. The smallest absolute Gasteiger partial charge is 0.191 e. The Bertz CT molecular complexity index is 698. The van der Waals surface area contributed by atoms with E-state index in [4.69, 9.17) is 4.74 Å². The van der Waals surface area contributed by atoms with Gasteiger partial charge in [-0.25, -0.2) is 9.98 Å². The SMILES string of the molecule is CCNC(=NCc1ccc(OC(C)C)cc1)NCc1nc(C(C)C)cs1.I. The van der Waals surface area contributed by atoms with Gasteiger partial charge >= 0.3 is 0 Å². The first kappa shape index (κ1) is 23.7. The van der Waals surface area contributed by atoms with Crippen LogP contribution in [0.3, 0.4) is 0 Å². The maximum absolute atomic E-state index is 5.67. The first-order valence-corrected chi connectivity index (χ1v) is 10.1. The third-order valence-corrected chi connectivity index (χ3v) is 4.49. The molecule has 0 saturated heterocycles. The average Bonchev–Trinajstić information content (AvgIpc) is 3.07. The molecule has 1 aromatic heterocycles.